The Labute approximate surface area is 142 Å². The highest BCUT2D eigenvalue weighted by Gasteiger charge is 2.29. The Morgan fingerprint density at radius 3 is 2.56 bits per heavy atom. The Kier molecular flexibility index (Phi) is 4.88. The molecule has 0 aliphatic carbocycles. The summed E-state index contributed by atoms with van der Waals surface area (Å²) in [5.41, 5.74) is 0.533. The van der Waals surface area contributed by atoms with Crippen molar-refractivity contribution >= 4 is 12.2 Å². The molecule has 3 aromatic rings. The number of ether oxygens (including phenoxy) is 1. The van der Waals surface area contributed by atoms with Crippen LogP contribution in [0.1, 0.15) is 22.7 Å². The van der Waals surface area contributed by atoms with Gasteiger partial charge in [-0.25, -0.2) is 4.98 Å². The van der Waals surface area contributed by atoms with Crippen molar-refractivity contribution in [2.75, 3.05) is 0 Å². The van der Waals surface area contributed by atoms with Gasteiger partial charge in [-0.1, -0.05) is 30.3 Å². The highest BCUT2D eigenvalue weighted by Crippen LogP contribution is 2.29. The summed E-state index contributed by atoms with van der Waals surface area (Å²) in [7, 11) is 0. The molecule has 0 unspecified atom stereocenters. The van der Waals surface area contributed by atoms with Crippen LogP contribution in [0, 0.1) is 6.07 Å². The SMILES string of the molecule is FC(F)(F)c1ccc(/C=C/c2nc(COc3[c]cccc3)co2)cc1. The summed E-state index contributed by atoms with van der Waals surface area (Å²) < 4.78 is 48.3. The molecule has 1 aromatic heterocycles. The third-order valence-corrected chi connectivity index (χ3v) is 3.28. The van der Waals surface area contributed by atoms with Gasteiger partial charge in [0.15, 0.2) is 0 Å². The van der Waals surface area contributed by atoms with Crippen molar-refractivity contribution in [1.82, 2.24) is 4.98 Å². The number of hydrogen-bond donors (Lipinski definition) is 0. The average Bonchev–Trinajstić information content (AvgIpc) is 3.07. The Hall–Kier alpha value is -3.02. The molecule has 1 heterocycles. The molecule has 3 rings (SSSR count). The number of oxazole rings is 1. The van der Waals surface area contributed by atoms with Gasteiger partial charge in [0.05, 0.1) is 5.56 Å². The van der Waals surface area contributed by atoms with Gasteiger partial charge in [0.2, 0.25) is 5.89 Å². The van der Waals surface area contributed by atoms with E-state index in [4.69, 9.17) is 9.15 Å². The zero-order valence-electron chi connectivity index (χ0n) is 13.0. The lowest BCUT2D eigenvalue weighted by molar-refractivity contribution is -0.137. The molecule has 1 radical (unpaired) electrons. The smallest absolute Gasteiger partial charge is 0.416 e. The van der Waals surface area contributed by atoms with E-state index in [2.05, 4.69) is 11.1 Å². The fourth-order valence-corrected chi connectivity index (χ4v) is 2.03. The quantitative estimate of drug-likeness (QED) is 0.635. The molecule has 127 valence electrons. The van der Waals surface area contributed by atoms with Crippen LogP contribution < -0.4 is 4.74 Å². The number of rotatable bonds is 5. The lowest BCUT2D eigenvalue weighted by Gasteiger charge is -2.05. The largest absolute Gasteiger partial charge is 0.487 e. The third kappa shape index (κ3) is 4.73. The van der Waals surface area contributed by atoms with Gasteiger partial charge >= 0.3 is 6.18 Å². The zero-order chi connectivity index (χ0) is 17.7. The number of halogens is 3. The van der Waals surface area contributed by atoms with Gasteiger partial charge in [-0.15, -0.1) is 0 Å². The van der Waals surface area contributed by atoms with Crippen LogP contribution >= 0.6 is 0 Å². The van der Waals surface area contributed by atoms with Crippen LogP contribution in [0.25, 0.3) is 12.2 Å². The van der Waals surface area contributed by atoms with Crippen molar-refractivity contribution in [2.45, 2.75) is 12.8 Å². The van der Waals surface area contributed by atoms with E-state index in [1.165, 1.54) is 18.4 Å². The minimum atomic E-state index is -4.34. The Bertz CT molecular complexity index is 837. The van der Waals surface area contributed by atoms with Gasteiger partial charge < -0.3 is 9.15 Å². The molecule has 0 fully saturated rings. The van der Waals surface area contributed by atoms with E-state index in [-0.39, 0.29) is 6.61 Å². The summed E-state index contributed by atoms with van der Waals surface area (Å²) in [6.45, 7) is 0.234. The Balaban J connectivity index is 1.60. The molecule has 2 aromatic carbocycles. The average molecular weight is 344 g/mol. The van der Waals surface area contributed by atoms with Crippen LogP contribution in [-0.2, 0) is 12.8 Å². The molecule has 0 atom stereocenters. The zero-order valence-corrected chi connectivity index (χ0v) is 13.0. The van der Waals surface area contributed by atoms with Gasteiger partial charge in [-0.3, -0.25) is 0 Å². The van der Waals surface area contributed by atoms with Crippen molar-refractivity contribution in [3.8, 4) is 5.75 Å². The van der Waals surface area contributed by atoms with Crippen LogP contribution in [-0.4, -0.2) is 4.98 Å². The second-order valence-electron chi connectivity index (χ2n) is 5.15. The van der Waals surface area contributed by atoms with Gasteiger partial charge in [0.25, 0.3) is 0 Å². The maximum atomic E-state index is 12.5. The number of benzene rings is 2. The molecule has 0 N–H and O–H groups in total. The van der Waals surface area contributed by atoms with Crippen molar-refractivity contribution < 1.29 is 22.3 Å². The standard InChI is InChI=1S/C19H13F3NO2/c20-19(21,22)15-9-6-14(7-10-15)8-11-18-23-16(13-25-18)12-24-17-4-2-1-3-5-17/h1-4,6-11,13H,12H2/b11-8+. The van der Waals surface area contributed by atoms with E-state index in [1.807, 2.05) is 12.1 Å². The molecule has 0 aliphatic heterocycles. The number of nitrogens with zero attached hydrogens (tertiary/aromatic N) is 1. The molecular formula is C19H13F3NO2. The molecule has 0 amide bonds. The van der Waals surface area contributed by atoms with E-state index in [0.717, 1.165) is 12.1 Å². The predicted molar refractivity (Wildman–Crippen MR) is 86.5 cm³/mol. The molecule has 25 heavy (non-hydrogen) atoms. The first-order valence-corrected chi connectivity index (χ1v) is 7.40. The summed E-state index contributed by atoms with van der Waals surface area (Å²) in [5, 5.41) is 0. The molecule has 0 aliphatic rings. The van der Waals surface area contributed by atoms with E-state index < -0.39 is 11.7 Å². The highest BCUT2D eigenvalue weighted by atomic mass is 19.4. The summed E-state index contributed by atoms with van der Waals surface area (Å²) in [6.07, 6.45) is 0.341. The van der Waals surface area contributed by atoms with Crippen LogP contribution in [0.15, 0.2) is 59.2 Å². The van der Waals surface area contributed by atoms with Crippen molar-refractivity contribution in [1.29, 1.82) is 0 Å². The maximum Gasteiger partial charge on any atom is 0.416 e. The number of aromatic nitrogens is 1. The van der Waals surface area contributed by atoms with Crippen molar-refractivity contribution in [3.05, 3.63) is 83.6 Å². The van der Waals surface area contributed by atoms with Gasteiger partial charge in [-0.2, -0.15) is 13.2 Å². The van der Waals surface area contributed by atoms with Crippen LogP contribution in [0.3, 0.4) is 0 Å². The van der Waals surface area contributed by atoms with Gasteiger partial charge in [0.1, 0.15) is 24.3 Å². The number of alkyl halides is 3. The predicted octanol–water partition coefficient (Wildman–Crippen LogP) is 5.24. The summed E-state index contributed by atoms with van der Waals surface area (Å²) in [4.78, 5) is 4.22. The summed E-state index contributed by atoms with van der Waals surface area (Å²) in [6, 6.07) is 15.0. The van der Waals surface area contributed by atoms with Gasteiger partial charge in [0, 0.05) is 12.1 Å². The normalized spacial score (nSPS) is 11.8. The Morgan fingerprint density at radius 2 is 1.88 bits per heavy atom. The van der Waals surface area contributed by atoms with Crippen molar-refractivity contribution in [3.63, 3.8) is 0 Å². The summed E-state index contributed by atoms with van der Waals surface area (Å²) in [5.74, 6) is 0.947. The van der Waals surface area contributed by atoms with Crippen LogP contribution in [0.4, 0.5) is 13.2 Å². The first-order chi connectivity index (χ1) is 12.0. The molecule has 0 saturated carbocycles. The minimum absolute atomic E-state index is 0.234. The lowest BCUT2D eigenvalue weighted by atomic mass is 10.1. The highest BCUT2D eigenvalue weighted by molar-refractivity contribution is 5.66. The summed E-state index contributed by atoms with van der Waals surface area (Å²) >= 11 is 0. The lowest BCUT2D eigenvalue weighted by Crippen LogP contribution is -2.03. The van der Waals surface area contributed by atoms with Crippen LogP contribution in [0.2, 0.25) is 0 Å². The fourth-order valence-electron chi connectivity index (χ4n) is 2.03. The monoisotopic (exact) mass is 344 g/mol. The van der Waals surface area contributed by atoms with E-state index in [9.17, 15) is 13.2 Å². The minimum Gasteiger partial charge on any atom is -0.487 e. The number of hydrogen-bond acceptors (Lipinski definition) is 3. The first-order valence-electron chi connectivity index (χ1n) is 7.40. The van der Waals surface area contributed by atoms with Crippen molar-refractivity contribution in [2.24, 2.45) is 0 Å². The van der Waals surface area contributed by atoms with Crippen LogP contribution in [0.5, 0.6) is 5.75 Å². The molecule has 3 nitrogen and oxygen atoms in total. The molecular weight excluding hydrogens is 331 g/mol. The van der Waals surface area contributed by atoms with E-state index >= 15 is 0 Å². The topological polar surface area (TPSA) is 35.3 Å². The van der Waals surface area contributed by atoms with E-state index in [1.54, 1.807) is 24.3 Å². The molecule has 0 spiro atoms. The second kappa shape index (κ2) is 7.25. The molecule has 0 saturated heterocycles. The van der Waals surface area contributed by atoms with Gasteiger partial charge in [-0.05, 0) is 29.8 Å². The number of para-hydroxylation sites is 1. The molecule has 6 heteroatoms. The fraction of sp³-hybridized carbons (Fsp3) is 0.105. The third-order valence-electron chi connectivity index (χ3n) is 3.28. The maximum absolute atomic E-state index is 12.5. The van der Waals surface area contributed by atoms with E-state index in [0.29, 0.717) is 22.9 Å². The first kappa shape index (κ1) is 16.8. The Morgan fingerprint density at radius 1 is 1.08 bits per heavy atom. The molecule has 0 bridgehead atoms. The second-order valence-corrected chi connectivity index (χ2v) is 5.15.